The zero-order valence-electron chi connectivity index (χ0n) is 14.0. The van der Waals surface area contributed by atoms with Gasteiger partial charge in [-0.1, -0.05) is 24.3 Å². The van der Waals surface area contributed by atoms with Crippen LogP contribution in [0.25, 0.3) is 0 Å². The van der Waals surface area contributed by atoms with Crippen molar-refractivity contribution in [2.45, 2.75) is 27.7 Å². The summed E-state index contributed by atoms with van der Waals surface area (Å²) >= 11 is 0. The minimum atomic E-state index is -0.246. The molecular formula is C19H22N2O2. The summed E-state index contributed by atoms with van der Waals surface area (Å²) in [4.78, 5) is 24.2. The number of benzene rings is 2. The molecule has 2 aromatic carbocycles. The van der Waals surface area contributed by atoms with Crippen LogP contribution in [0.3, 0.4) is 0 Å². The number of hydrogen-bond acceptors (Lipinski definition) is 2. The number of para-hydroxylation sites is 1. The second-order valence-corrected chi connectivity index (χ2v) is 5.80. The van der Waals surface area contributed by atoms with Crippen molar-refractivity contribution in [2.75, 3.05) is 11.9 Å². The third-order valence-corrected chi connectivity index (χ3v) is 3.92. The van der Waals surface area contributed by atoms with Crippen molar-refractivity contribution < 1.29 is 9.59 Å². The average molecular weight is 310 g/mol. The van der Waals surface area contributed by atoms with Crippen LogP contribution in [0, 0.1) is 27.7 Å². The van der Waals surface area contributed by atoms with Crippen molar-refractivity contribution in [2.24, 2.45) is 0 Å². The maximum Gasteiger partial charge on any atom is 0.251 e. The summed E-state index contributed by atoms with van der Waals surface area (Å²) in [6.45, 7) is 7.78. The largest absolute Gasteiger partial charge is 0.343 e. The van der Waals surface area contributed by atoms with Crippen molar-refractivity contribution in [1.29, 1.82) is 0 Å². The second kappa shape index (κ2) is 7.09. The molecule has 2 rings (SSSR count). The molecule has 0 aliphatic rings. The Bertz CT molecular complexity index is 731. The lowest BCUT2D eigenvalue weighted by Crippen LogP contribution is -2.33. The van der Waals surface area contributed by atoms with E-state index >= 15 is 0 Å². The lowest BCUT2D eigenvalue weighted by molar-refractivity contribution is -0.115. The van der Waals surface area contributed by atoms with Crippen LogP contribution in [0.5, 0.6) is 0 Å². The fourth-order valence-electron chi connectivity index (χ4n) is 2.34. The first-order chi connectivity index (χ1) is 10.9. The van der Waals surface area contributed by atoms with Crippen LogP contribution in [-0.2, 0) is 4.79 Å². The normalized spacial score (nSPS) is 10.3. The van der Waals surface area contributed by atoms with Crippen LogP contribution < -0.4 is 10.6 Å². The highest BCUT2D eigenvalue weighted by atomic mass is 16.2. The Morgan fingerprint density at radius 1 is 0.870 bits per heavy atom. The van der Waals surface area contributed by atoms with Gasteiger partial charge < -0.3 is 10.6 Å². The molecule has 0 aromatic heterocycles. The van der Waals surface area contributed by atoms with Crippen molar-refractivity contribution >= 4 is 17.5 Å². The molecule has 2 aromatic rings. The summed E-state index contributed by atoms with van der Waals surface area (Å²) < 4.78 is 0. The molecule has 120 valence electrons. The van der Waals surface area contributed by atoms with Crippen molar-refractivity contribution in [3.05, 3.63) is 64.2 Å². The maximum absolute atomic E-state index is 12.1. The van der Waals surface area contributed by atoms with Gasteiger partial charge in [-0.25, -0.2) is 0 Å². The van der Waals surface area contributed by atoms with Crippen LogP contribution in [0.1, 0.15) is 32.6 Å². The molecule has 0 bridgehead atoms. The number of hydrogen-bond donors (Lipinski definition) is 2. The summed E-state index contributed by atoms with van der Waals surface area (Å²) in [7, 11) is 0. The van der Waals surface area contributed by atoms with E-state index in [0.717, 1.165) is 27.9 Å². The summed E-state index contributed by atoms with van der Waals surface area (Å²) in [5, 5.41) is 5.51. The number of rotatable bonds is 4. The fourth-order valence-corrected chi connectivity index (χ4v) is 2.34. The molecular weight excluding hydrogens is 288 g/mol. The van der Waals surface area contributed by atoms with E-state index in [4.69, 9.17) is 0 Å². The van der Waals surface area contributed by atoms with Gasteiger partial charge in [0.05, 0.1) is 6.54 Å². The van der Waals surface area contributed by atoms with Crippen LogP contribution in [0.4, 0.5) is 5.69 Å². The monoisotopic (exact) mass is 310 g/mol. The Labute approximate surface area is 136 Å². The van der Waals surface area contributed by atoms with Crippen LogP contribution in [-0.4, -0.2) is 18.4 Å². The lowest BCUT2D eigenvalue weighted by Gasteiger charge is -2.12. The van der Waals surface area contributed by atoms with Gasteiger partial charge in [-0.2, -0.15) is 0 Å². The summed E-state index contributed by atoms with van der Waals surface area (Å²) in [5.74, 6) is -0.482. The van der Waals surface area contributed by atoms with Gasteiger partial charge in [0, 0.05) is 11.3 Å². The molecule has 0 fully saturated rings. The van der Waals surface area contributed by atoms with Crippen molar-refractivity contribution in [3.63, 3.8) is 0 Å². The van der Waals surface area contributed by atoms with Crippen molar-refractivity contribution in [1.82, 2.24) is 5.32 Å². The van der Waals surface area contributed by atoms with Gasteiger partial charge in [0.15, 0.2) is 0 Å². The molecule has 0 radical (unpaired) electrons. The standard InChI is InChI=1S/C19H22N2O2/c1-12-8-9-16(10-15(12)4)19(23)20-11-17(22)21-18-13(2)6-5-7-14(18)3/h5-10H,11H2,1-4H3,(H,20,23)(H,21,22). The average Bonchev–Trinajstić information content (AvgIpc) is 2.51. The van der Waals surface area contributed by atoms with Crippen molar-refractivity contribution in [3.8, 4) is 0 Å². The Morgan fingerprint density at radius 3 is 2.13 bits per heavy atom. The molecule has 2 amide bonds. The molecule has 0 saturated heterocycles. The molecule has 0 heterocycles. The Hall–Kier alpha value is -2.62. The number of carbonyl (C=O) groups excluding carboxylic acids is 2. The number of aryl methyl sites for hydroxylation is 4. The van der Waals surface area contributed by atoms with Gasteiger partial charge >= 0.3 is 0 Å². The van der Waals surface area contributed by atoms with Gasteiger partial charge in [-0.3, -0.25) is 9.59 Å². The molecule has 2 N–H and O–H groups in total. The van der Waals surface area contributed by atoms with Crippen LogP contribution >= 0.6 is 0 Å². The Balaban J connectivity index is 1.96. The van der Waals surface area contributed by atoms with Gasteiger partial charge in [0.25, 0.3) is 5.91 Å². The van der Waals surface area contributed by atoms with E-state index in [0.29, 0.717) is 5.56 Å². The summed E-state index contributed by atoms with van der Waals surface area (Å²) in [6, 6.07) is 11.3. The number of carbonyl (C=O) groups is 2. The SMILES string of the molecule is Cc1ccc(C(=O)NCC(=O)Nc2c(C)cccc2C)cc1C. The molecule has 0 aliphatic heterocycles. The molecule has 0 spiro atoms. The Morgan fingerprint density at radius 2 is 1.52 bits per heavy atom. The molecule has 4 heteroatoms. The molecule has 0 unspecified atom stereocenters. The van der Waals surface area contributed by atoms with E-state index < -0.39 is 0 Å². The fraction of sp³-hybridized carbons (Fsp3) is 0.263. The minimum Gasteiger partial charge on any atom is -0.343 e. The summed E-state index contributed by atoms with van der Waals surface area (Å²) in [6.07, 6.45) is 0. The first kappa shape index (κ1) is 16.7. The van der Waals surface area contributed by atoms with E-state index in [9.17, 15) is 9.59 Å². The van der Waals surface area contributed by atoms with Gasteiger partial charge in [0.2, 0.25) is 5.91 Å². The number of amides is 2. The predicted molar refractivity (Wildman–Crippen MR) is 92.8 cm³/mol. The van der Waals surface area contributed by atoms with Gasteiger partial charge in [-0.05, 0) is 62.1 Å². The topological polar surface area (TPSA) is 58.2 Å². The Kier molecular flexibility index (Phi) is 5.16. The third-order valence-electron chi connectivity index (χ3n) is 3.92. The van der Waals surface area contributed by atoms with E-state index in [-0.39, 0.29) is 18.4 Å². The first-order valence-electron chi connectivity index (χ1n) is 7.60. The molecule has 0 saturated carbocycles. The van der Waals surface area contributed by atoms with E-state index in [1.165, 1.54) is 0 Å². The second-order valence-electron chi connectivity index (χ2n) is 5.80. The van der Waals surface area contributed by atoms with Gasteiger partial charge in [0.1, 0.15) is 0 Å². The first-order valence-corrected chi connectivity index (χ1v) is 7.60. The third kappa shape index (κ3) is 4.19. The van der Waals surface area contributed by atoms with E-state index in [1.54, 1.807) is 6.07 Å². The predicted octanol–water partition coefficient (Wildman–Crippen LogP) is 3.29. The highest BCUT2D eigenvalue weighted by Crippen LogP contribution is 2.19. The molecule has 0 aliphatic carbocycles. The van der Waals surface area contributed by atoms with E-state index in [1.807, 2.05) is 58.0 Å². The molecule has 4 nitrogen and oxygen atoms in total. The minimum absolute atomic E-state index is 0.0560. The van der Waals surface area contributed by atoms with Crippen LogP contribution in [0.2, 0.25) is 0 Å². The zero-order chi connectivity index (χ0) is 17.0. The molecule has 0 atom stereocenters. The smallest absolute Gasteiger partial charge is 0.251 e. The highest BCUT2D eigenvalue weighted by Gasteiger charge is 2.10. The number of nitrogens with one attached hydrogen (secondary N) is 2. The lowest BCUT2D eigenvalue weighted by atomic mass is 10.1. The quantitative estimate of drug-likeness (QED) is 0.910. The molecule has 23 heavy (non-hydrogen) atoms. The highest BCUT2D eigenvalue weighted by molar-refractivity contribution is 6.00. The zero-order valence-corrected chi connectivity index (χ0v) is 14.0. The maximum atomic E-state index is 12.1. The van der Waals surface area contributed by atoms with Gasteiger partial charge in [-0.15, -0.1) is 0 Å². The number of anilines is 1. The summed E-state index contributed by atoms with van der Waals surface area (Å²) in [5.41, 5.74) is 5.55. The van der Waals surface area contributed by atoms with E-state index in [2.05, 4.69) is 10.6 Å². The van der Waals surface area contributed by atoms with Crippen LogP contribution in [0.15, 0.2) is 36.4 Å².